The maximum Gasteiger partial charge on any atom is 0.321 e. The van der Waals surface area contributed by atoms with Crippen molar-refractivity contribution in [1.29, 1.82) is 5.26 Å². The molecule has 6 nitrogen and oxygen atoms in total. The molecule has 2 amide bonds. The number of halogens is 1. The largest absolute Gasteiger partial charge is 0.481 e. The van der Waals surface area contributed by atoms with Crippen LogP contribution >= 0.6 is 0 Å². The van der Waals surface area contributed by atoms with Crippen molar-refractivity contribution < 1.29 is 19.1 Å². The Morgan fingerprint density at radius 3 is 2.67 bits per heavy atom. The third-order valence-electron chi connectivity index (χ3n) is 2.92. The van der Waals surface area contributed by atoms with Gasteiger partial charge >= 0.3 is 12.0 Å². The summed E-state index contributed by atoms with van der Waals surface area (Å²) in [5.41, 5.74) is 0.0952. The van der Waals surface area contributed by atoms with Crippen molar-refractivity contribution in [1.82, 2.24) is 4.90 Å². The first-order valence-electron chi connectivity index (χ1n) is 6.37. The van der Waals surface area contributed by atoms with Crippen LogP contribution in [0.5, 0.6) is 0 Å². The Morgan fingerprint density at radius 2 is 2.19 bits per heavy atom. The standard InChI is InChI=1S/C14H16FN3O3/c1-3-18(8-9(2)13(19)20)14(21)17-12-5-4-10(7-16)6-11(12)15/h4-6,9H,3,8H2,1-2H3,(H,17,21)(H,19,20). The molecule has 0 fully saturated rings. The molecule has 0 bridgehead atoms. The smallest absolute Gasteiger partial charge is 0.321 e. The van der Waals surface area contributed by atoms with Gasteiger partial charge in [-0.3, -0.25) is 4.79 Å². The molecule has 1 atom stereocenters. The van der Waals surface area contributed by atoms with E-state index >= 15 is 0 Å². The number of carbonyl (C=O) groups excluding carboxylic acids is 1. The van der Waals surface area contributed by atoms with Crippen molar-refractivity contribution in [2.45, 2.75) is 13.8 Å². The predicted molar refractivity (Wildman–Crippen MR) is 74.2 cm³/mol. The second-order valence-corrected chi connectivity index (χ2v) is 4.51. The van der Waals surface area contributed by atoms with Crippen molar-refractivity contribution in [2.75, 3.05) is 18.4 Å². The average Bonchev–Trinajstić information content (AvgIpc) is 2.46. The molecule has 0 saturated carbocycles. The number of nitrogens with one attached hydrogen (secondary N) is 1. The molecule has 1 aromatic carbocycles. The molecule has 2 N–H and O–H groups in total. The molecule has 0 heterocycles. The monoisotopic (exact) mass is 293 g/mol. The minimum absolute atomic E-state index is 0.0234. The molecule has 1 aromatic rings. The van der Waals surface area contributed by atoms with Gasteiger partial charge in [-0.2, -0.15) is 5.26 Å². The number of nitriles is 1. The minimum atomic E-state index is -1.01. The molecule has 0 aliphatic carbocycles. The number of urea groups is 1. The summed E-state index contributed by atoms with van der Waals surface area (Å²) in [4.78, 5) is 24.1. The highest BCUT2D eigenvalue weighted by Gasteiger charge is 2.20. The number of anilines is 1. The first kappa shape index (κ1) is 16.4. The summed E-state index contributed by atoms with van der Waals surface area (Å²) in [7, 11) is 0. The molecular formula is C14H16FN3O3. The van der Waals surface area contributed by atoms with Gasteiger partial charge in [-0.1, -0.05) is 6.92 Å². The van der Waals surface area contributed by atoms with Gasteiger partial charge in [-0.05, 0) is 25.1 Å². The SMILES string of the molecule is CCN(CC(C)C(=O)O)C(=O)Nc1ccc(C#N)cc1F. The van der Waals surface area contributed by atoms with Gasteiger partial charge in [0.1, 0.15) is 5.82 Å². The Balaban J connectivity index is 2.79. The van der Waals surface area contributed by atoms with E-state index in [-0.39, 0.29) is 17.8 Å². The fraction of sp³-hybridized carbons (Fsp3) is 0.357. The zero-order valence-electron chi connectivity index (χ0n) is 11.8. The zero-order valence-corrected chi connectivity index (χ0v) is 11.8. The van der Waals surface area contributed by atoms with Crippen molar-refractivity contribution in [3.8, 4) is 6.07 Å². The molecule has 7 heteroatoms. The van der Waals surface area contributed by atoms with Crippen LogP contribution < -0.4 is 5.32 Å². The van der Waals surface area contributed by atoms with Gasteiger partial charge in [0.25, 0.3) is 0 Å². The Bertz CT molecular complexity index is 583. The molecule has 0 saturated heterocycles. The van der Waals surface area contributed by atoms with Crippen LogP contribution in [0.25, 0.3) is 0 Å². The molecule has 112 valence electrons. The summed E-state index contributed by atoms with van der Waals surface area (Å²) in [6.45, 7) is 3.50. The molecule has 21 heavy (non-hydrogen) atoms. The molecule has 1 rings (SSSR count). The minimum Gasteiger partial charge on any atom is -0.481 e. The van der Waals surface area contributed by atoms with Crippen LogP contribution in [0.4, 0.5) is 14.9 Å². The van der Waals surface area contributed by atoms with E-state index < -0.39 is 23.7 Å². The third kappa shape index (κ3) is 4.45. The van der Waals surface area contributed by atoms with Gasteiger partial charge in [0.2, 0.25) is 0 Å². The van der Waals surface area contributed by atoms with Crippen LogP contribution in [0.2, 0.25) is 0 Å². The van der Waals surface area contributed by atoms with Crippen molar-refractivity contribution in [2.24, 2.45) is 5.92 Å². The first-order valence-corrected chi connectivity index (χ1v) is 6.37. The quantitative estimate of drug-likeness (QED) is 0.870. The number of benzene rings is 1. The van der Waals surface area contributed by atoms with E-state index in [0.717, 1.165) is 6.07 Å². The second-order valence-electron chi connectivity index (χ2n) is 4.51. The Labute approximate surface area is 121 Å². The summed E-state index contributed by atoms with van der Waals surface area (Å²) in [6.07, 6.45) is 0. The van der Waals surface area contributed by atoms with E-state index in [9.17, 15) is 14.0 Å². The number of carbonyl (C=O) groups is 2. The normalized spacial score (nSPS) is 11.3. The summed E-state index contributed by atoms with van der Waals surface area (Å²) < 4.78 is 13.7. The van der Waals surface area contributed by atoms with Crippen LogP contribution in [0.15, 0.2) is 18.2 Å². The number of hydrogen-bond donors (Lipinski definition) is 2. The van der Waals surface area contributed by atoms with Gasteiger partial charge in [0.15, 0.2) is 0 Å². The lowest BCUT2D eigenvalue weighted by atomic mass is 10.2. The fourth-order valence-corrected chi connectivity index (χ4v) is 1.64. The molecule has 0 aromatic heterocycles. The number of aliphatic carboxylic acids is 1. The molecule has 0 spiro atoms. The number of hydrogen-bond acceptors (Lipinski definition) is 3. The van der Waals surface area contributed by atoms with E-state index in [1.807, 2.05) is 0 Å². The van der Waals surface area contributed by atoms with Crippen molar-refractivity contribution in [3.63, 3.8) is 0 Å². The highest BCUT2D eigenvalue weighted by Crippen LogP contribution is 2.16. The molecule has 1 unspecified atom stereocenters. The average molecular weight is 293 g/mol. The van der Waals surface area contributed by atoms with Crippen molar-refractivity contribution in [3.05, 3.63) is 29.6 Å². The number of carboxylic acids is 1. The molecule has 0 radical (unpaired) electrons. The maximum absolute atomic E-state index is 13.7. The lowest BCUT2D eigenvalue weighted by Crippen LogP contribution is -2.39. The molecular weight excluding hydrogens is 277 g/mol. The highest BCUT2D eigenvalue weighted by atomic mass is 19.1. The van der Waals surface area contributed by atoms with Gasteiger partial charge in [-0.25, -0.2) is 9.18 Å². The molecule has 0 aliphatic rings. The summed E-state index contributed by atoms with van der Waals surface area (Å²) >= 11 is 0. The van der Waals surface area contributed by atoms with E-state index in [0.29, 0.717) is 6.54 Å². The summed E-state index contributed by atoms with van der Waals surface area (Å²) in [6, 6.07) is 4.90. The van der Waals surface area contributed by atoms with Crippen LogP contribution in [-0.4, -0.2) is 35.1 Å². The van der Waals surface area contributed by atoms with Crippen LogP contribution in [0, 0.1) is 23.1 Å². The first-order chi connectivity index (χ1) is 9.88. The number of carboxylic acid groups (broad SMARTS) is 1. The topological polar surface area (TPSA) is 93.4 Å². The summed E-state index contributed by atoms with van der Waals surface area (Å²) in [5, 5.41) is 19.9. The number of rotatable bonds is 5. The second kappa shape index (κ2) is 7.24. The lowest BCUT2D eigenvalue weighted by molar-refractivity contribution is -0.141. The van der Waals surface area contributed by atoms with Crippen LogP contribution in [-0.2, 0) is 4.79 Å². The number of nitrogens with zero attached hydrogens (tertiary/aromatic N) is 2. The Kier molecular flexibility index (Phi) is 5.67. The van der Waals surface area contributed by atoms with Crippen molar-refractivity contribution >= 4 is 17.7 Å². The third-order valence-corrected chi connectivity index (χ3v) is 2.92. The molecule has 0 aliphatic heterocycles. The Hall–Kier alpha value is -2.62. The van der Waals surface area contributed by atoms with E-state index in [1.165, 1.54) is 24.0 Å². The highest BCUT2D eigenvalue weighted by molar-refractivity contribution is 5.89. The maximum atomic E-state index is 13.7. The van der Waals surface area contributed by atoms with Crippen LogP contribution in [0.1, 0.15) is 19.4 Å². The van der Waals surface area contributed by atoms with E-state index in [1.54, 1.807) is 13.0 Å². The van der Waals surface area contributed by atoms with Crippen LogP contribution in [0.3, 0.4) is 0 Å². The van der Waals surface area contributed by atoms with Gasteiger partial charge in [-0.15, -0.1) is 0 Å². The predicted octanol–water partition coefficient (Wildman–Crippen LogP) is 2.27. The fourth-order valence-electron chi connectivity index (χ4n) is 1.64. The van der Waals surface area contributed by atoms with E-state index in [2.05, 4.69) is 5.32 Å². The number of amides is 2. The zero-order chi connectivity index (χ0) is 16.0. The van der Waals surface area contributed by atoms with Gasteiger partial charge < -0.3 is 15.3 Å². The lowest BCUT2D eigenvalue weighted by Gasteiger charge is -2.23. The Morgan fingerprint density at radius 1 is 1.52 bits per heavy atom. The summed E-state index contributed by atoms with van der Waals surface area (Å²) in [5.74, 6) is -2.45. The van der Waals surface area contributed by atoms with Gasteiger partial charge in [0.05, 0.1) is 23.2 Å². The van der Waals surface area contributed by atoms with Gasteiger partial charge in [0, 0.05) is 13.1 Å². The van der Waals surface area contributed by atoms with E-state index in [4.69, 9.17) is 10.4 Å².